The molecule has 1 saturated heterocycles. The zero-order chi connectivity index (χ0) is 34.8. The second kappa shape index (κ2) is 12.4. The van der Waals surface area contributed by atoms with E-state index in [1.54, 1.807) is 21.3 Å². The molecule has 3 heterocycles. The predicted molar refractivity (Wildman–Crippen MR) is 190 cm³/mol. The van der Waals surface area contributed by atoms with Gasteiger partial charge in [-0.1, -0.05) is 50.0 Å². The zero-order valence-electron chi connectivity index (χ0n) is 29.4. The average molecular weight is 666 g/mol. The van der Waals surface area contributed by atoms with E-state index in [-0.39, 0.29) is 23.9 Å². The molecular weight excluding hydrogens is 619 g/mol. The molecule has 3 aromatic carbocycles. The molecule has 11 heteroatoms. The van der Waals surface area contributed by atoms with Gasteiger partial charge in [0.1, 0.15) is 24.2 Å². The van der Waals surface area contributed by atoms with E-state index in [2.05, 4.69) is 46.7 Å². The van der Waals surface area contributed by atoms with Gasteiger partial charge in [-0.15, -0.1) is 0 Å². The first-order chi connectivity index (χ1) is 23.3. The summed E-state index contributed by atoms with van der Waals surface area (Å²) in [5.41, 5.74) is 4.08. The van der Waals surface area contributed by atoms with Gasteiger partial charge in [0, 0.05) is 17.0 Å². The molecule has 257 valence electrons. The minimum Gasteiger partial charge on any atom is -0.488 e. The number of imidazole rings is 1. The number of methoxy groups -OCH3 is 1. The van der Waals surface area contributed by atoms with Crippen molar-refractivity contribution < 1.29 is 28.8 Å². The van der Waals surface area contributed by atoms with E-state index in [4.69, 9.17) is 19.1 Å². The Hall–Kier alpha value is -4.09. The van der Waals surface area contributed by atoms with E-state index in [0.717, 1.165) is 81.2 Å². The molecule has 10 nitrogen and oxygen atoms in total. The number of carbonyl (C=O) groups is 2. The fraction of sp³-hybridized carbons (Fsp3) is 0.500. The van der Waals surface area contributed by atoms with Gasteiger partial charge in [-0.2, -0.15) is 0 Å². The Morgan fingerprint density at radius 1 is 1.10 bits per heavy atom. The van der Waals surface area contributed by atoms with E-state index < -0.39 is 23.3 Å². The molecule has 3 aliphatic rings. The second-order valence-corrected chi connectivity index (χ2v) is 15.3. The fourth-order valence-electron chi connectivity index (χ4n) is 7.63. The normalized spacial score (nSPS) is 20.9. The van der Waals surface area contributed by atoms with E-state index in [1.807, 2.05) is 38.7 Å². The van der Waals surface area contributed by atoms with Gasteiger partial charge in [0.25, 0.3) is 0 Å². The molecule has 2 aliphatic heterocycles. The van der Waals surface area contributed by atoms with Crippen LogP contribution in [0.15, 0.2) is 42.5 Å². The summed E-state index contributed by atoms with van der Waals surface area (Å²) in [5, 5.41) is 15.3. The van der Waals surface area contributed by atoms with Crippen LogP contribution in [0.5, 0.6) is 5.75 Å². The lowest BCUT2D eigenvalue weighted by Crippen LogP contribution is -2.53. The number of aromatic nitrogens is 2. The largest absolute Gasteiger partial charge is 0.488 e. The second-order valence-electron chi connectivity index (χ2n) is 15.3. The van der Waals surface area contributed by atoms with Crippen molar-refractivity contribution >= 4 is 46.8 Å². The first kappa shape index (κ1) is 33.4. The van der Waals surface area contributed by atoms with Crippen LogP contribution in [0.25, 0.3) is 32.9 Å². The summed E-state index contributed by atoms with van der Waals surface area (Å²) >= 11 is 0. The molecule has 4 atom stereocenters. The van der Waals surface area contributed by atoms with Crippen molar-refractivity contribution in [2.75, 3.05) is 7.11 Å². The lowest BCUT2D eigenvalue weighted by molar-refractivity contribution is -0.137. The number of alkyl carbamates (subject to hydrolysis) is 1. The molecule has 0 bridgehead atoms. The van der Waals surface area contributed by atoms with Crippen molar-refractivity contribution in [3.05, 3.63) is 53.9 Å². The van der Waals surface area contributed by atoms with E-state index in [0.29, 0.717) is 12.5 Å². The first-order valence-electron chi connectivity index (χ1n) is 17.4. The number of likely N-dealkylation sites (tertiary alicyclic amines) is 1. The summed E-state index contributed by atoms with van der Waals surface area (Å²) in [7, 11) is 3.01. The minimum absolute atomic E-state index is 0.0838. The van der Waals surface area contributed by atoms with Gasteiger partial charge in [0.05, 0.1) is 35.4 Å². The Kier molecular flexibility index (Phi) is 8.42. The van der Waals surface area contributed by atoms with Crippen LogP contribution in [0.3, 0.4) is 0 Å². The summed E-state index contributed by atoms with van der Waals surface area (Å²) in [6.07, 6.45) is 3.37. The number of carbonyl (C=O) groups excluding carboxylic acids is 2. The van der Waals surface area contributed by atoms with Crippen LogP contribution in [0.4, 0.5) is 4.79 Å². The van der Waals surface area contributed by atoms with Crippen molar-refractivity contribution in [2.45, 2.75) is 103 Å². The Labute approximate surface area is 288 Å². The first-order valence-corrected chi connectivity index (χ1v) is 17.4. The number of aliphatic hydroxyl groups is 1. The summed E-state index contributed by atoms with van der Waals surface area (Å²) in [6.45, 7) is 11.5. The van der Waals surface area contributed by atoms with Gasteiger partial charge in [-0.3, -0.25) is 4.79 Å². The van der Waals surface area contributed by atoms with Gasteiger partial charge in [0.2, 0.25) is 5.91 Å². The molecule has 4 aromatic rings. The molecule has 1 aliphatic carbocycles. The zero-order valence-corrected chi connectivity index (χ0v) is 29.4. The highest BCUT2D eigenvalue weighted by atomic mass is 16.5. The number of rotatable bonds is 8. The van der Waals surface area contributed by atoms with Gasteiger partial charge < -0.3 is 34.4 Å². The lowest BCUT2D eigenvalue weighted by atomic mass is 9.80. The molecular formula is C38H46BN4O6. The number of nitrogens with zero attached hydrogens (tertiary/aromatic N) is 2. The molecule has 2 amide bonds. The monoisotopic (exact) mass is 665 g/mol. The van der Waals surface area contributed by atoms with E-state index in [9.17, 15) is 14.7 Å². The third-order valence-electron chi connectivity index (χ3n) is 11.2. The maximum Gasteiger partial charge on any atom is 0.407 e. The number of H-pyrrole nitrogens is 1. The maximum absolute atomic E-state index is 14.2. The summed E-state index contributed by atoms with van der Waals surface area (Å²) < 4.78 is 17.2. The number of aromatic amines is 1. The van der Waals surface area contributed by atoms with Gasteiger partial charge in [-0.25, -0.2) is 9.78 Å². The van der Waals surface area contributed by atoms with Crippen LogP contribution >= 0.6 is 0 Å². The highest BCUT2D eigenvalue weighted by Gasteiger charge is 2.49. The van der Waals surface area contributed by atoms with Crippen molar-refractivity contribution in [1.29, 1.82) is 0 Å². The number of ether oxygens (including phenoxy) is 2. The van der Waals surface area contributed by atoms with Gasteiger partial charge in [-0.05, 0) is 93.5 Å². The molecule has 1 radical (unpaired) electrons. The summed E-state index contributed by atoms with van der Waals surface area (Å²) in [5.74, 6) is 1.79. The van der Waals surface area contributed by atoms with Crippen LogP contribution in [0.2, 0.25) is 0 Å². The third kappa shape index (κ3) is 5.95. The maximum atomic E-state index is 14.2. The number of benzene rings is 3. The molecule has 1 aromatic heterocycles. The van der Waals surface area contributed by atoms with Crippen LogP contribution in [-0.4, -0.2) is 69.9 Å². The number of hydrogen-bond acceptors (Lipinski definition) is 7. The Balaban J connectivity index is 1.20. The third-order valence-corrected chi connectivity index (χ3v) is 11.2. The number of hydrogen-bond donors (Lipinski definition) is 3. The van der Waals surface area contributed by atoms with Crippen molar-refractivity contribution in [1.82, 2.24) is 20.2 Å². The van der Waals surface area contributed by atoms with Crippen molar-refractivity contribution in [2.24, 2.45) is 11.8 Å². The average Bonchev–Trinajstić information content (AvgIpc) is 3.79. The number of nitrogens with one attached hydrogen (secondary N) is 2. The van der Waals surface area contributed by atoms with Crippen LogP contribution in [0.1, 0.15) is 84.7 Å². The smallest absolute Gasteiger partial charge is 0.407 e. The van der Waals surface area contributed by atoms with Crippen LogP contribution in [0, 0.1) is 11.8 Å². The van der Waals surface area contributed by atoms with E-state index in [1.165, 1.54) is 7.11 Å². The highest BCUT2D eigenvalue weighted by Crippen LogP contribution is 2.48. The predicted octanol–water partition coefficient (Wildman–Crippen LogP) is 5.91. The Morgan fingerprint density at radius 3 is 2.63 bits per heavy atom. The number of fused-ring (bicyclic) bond motifs is 7. The summed E-state index contributed by atoms with van der Waals surface area (Å²) in [4.78, 5) is 37.1. The quantitative estimate of drug-likeness (QED) is 0.200. The van der Waals surface area contributed by atoms with Gasteiger partial charge >= 0.3 is 13.6 Å². The summed E-state index contributed by atoms with van der Waals surface area (Å²) in [6, 6.07) is 13.8. The van der Waals surface area contributed by atoms with Crippen LogP contribution in [-0.2, 0) is 20.8 Å². The SMILES string of the molecule is COC(=O)N[C@H](C(=O)N1C(c2nc3c(ccc4cc5c(cc43)OCc3cc([B]OC(C)(C)C(C)(C)O)ccc3-5)[nH]2)C[C@@H]2CCC[C@@H]21)C(C)C. The van der Waals surface area contributed by atoms with Crippen LogP contribution < -0.4 is 15.5 Å². The molecule has 49 heavy (non-hydrogen) atoms. The number of amides is 2. The fourth-order valence-corrected chi connectivity index (χ4v) is 7.63. The molecule has 1 unspecified atom stereocenters. The molecule has 1 saturated carbocycles. The minimum atomic E-state index is -1.01. The van der Waals surface area contributed by atoms with Crippen molar-refractivity contribution in [3.63, 3.8) is 0 Å². The molecule has 2 fully saturated rings. The highest BCUT2D eigenvalue weighted by molar-refractivity contribution is 6.47. The molecule has 0 spiro atoms. The Bertz CT molecular complexity index is 1930. The topological polar surface area (TPSA) is 126 Å². The van der Waals surface area contributed by atoms with Crippen molar-refractivity contribution in [3.8, 4) is 16.9 Å². The van der Waals surface area contributed by atoms with Gasteiger partial charge in [0.15, 0.2) is 0 Å². The lowest BCUT2D eigenvalue weighted by Gasteiger charge is -2.37. The molecule has 7 rings (SSSR count). The Morgan fingerprint density at radius 2 is 1.90 bits per heavy atom. The standard InChI is InChI=1S/C38H46BN4O6/c1-20(2)32(42-36(45)47-7)35(44)43-29-10-8-9-22(29)17-30(43)34-40-28-14-11-21-16-27-25-13-12-24(39-49-38(5,6)37(3,4)46)15-23(25)19-48-31(27)18-26(21)33(28)41-34/h11-16,18,20,22,29-30,32,46H,8-10,17,19H2,1-7H3,(H,40,41)(H,42,45)/t22-,29-,30?,32-/m0/s1. The molecule has 3 N–H and O–H groups in total. The van der Waals surface area contributed by atoms with E-state index >= 15 is 0 Å².